The number of benzene rings is 2. The fraction of sp³-hybridized carbons (Fsp3) is 0.348. The second-order valence-corrected chi connectivity index (χ2v) is 8.27. The van der Waals surface area contributed by atoms with Gasteiger partial charge in [0.15, 0.2) is 6.61 Å². The maximum Gasteiger partial charge on any atom is 0.339 e. The molecule has 1 aliphatic heterocycles. The number of esters is 1. The molecule has 1 saturated heterocycles. The molecule has 2 aromatic carbocycles. The van der Waals surface area contributed by atoms with Crippen LogP contribution in [-0.2, 0) is 15.3 Å². The topological polar surface area (TPSA) is 70.4 Å². The SMILES string of the molecule is C[C@H]1CCCN(C(=O)COC(=O)c2ccccc2SCc2ccc(C#N)cc2)C1. The van der Waals surface area contributed by atoms with Gasteiger partial charge in [-0.1, -0.05) is 31.2 Å². The van der Waals surface area contributed by atoms with Crippen molar-refractivity contribution in [2.45, 2.75) is 30.4 Å². The Bertz CT molecular complexity index is 905. The first-order valence-corrected chi connectivity index (χ1v) is 10.7. The van der Waals surface area contributed by atoms with Gasteiger partial charge in [0.25, 0.3) is 5.91 Å². The minimum absolute atomic E-state index is 0.132. The van der Waals surface area contributed by atoms with Crippen LogP contribution in [0.5, 0.6) is 0 Å². The van der Waals surface area contributed by atoms with Gasteiger partial charge < -0.3 is 9.64 Å². The molecule has 0 unspecified atom stereocenters. The number of likely N-dealkylation sites (tertiary alicyclic amines) is 1. The fourth-order valence-corrected chi connectivity index (χ4v) is 4.31. The molecule has 0 aliphatic carbocycles. The van der Waals surface area contributed by atoms with E-state index in [1.165, 1.54) is 11.8 Å². The van der Waals surface area contributed by atoms with E-state index in [9.17, 15) is 9.59 Å². The summed E-state index contributed by atoms with van der Waals surface area (Å²) in [4.78, 5) is 27.5. The molecule has 2 aromatic rings. The Morgan fingerprint density at radius 1 is 1.21 bits per heavy atom. The van der Waals surface area contributed by atoms with E-state index in [0.717, 1.165) is 36.4 Å². The first-order chi connectivity index (χ1) is 14.1. The molecule has 0 radical (unpaired) electrons. The van der Waals surface area contributed by atoms with Gasteiger partial charge in [-0.3, -0.25) is 4.79 Å². The van der Waals surface area contributed by atoms with E-state index in [1.54, 1.807) is 29.2 Å². The minimum Gasteiger partial charge on any atom is -0.452 e. The van der Waals surface area contributed by atoms with Crippen LogP contribution in [-0.4, -0.2) is 36.5 Å². The summed E-state index contributed by atoms with van der Waals surface area (Å²) in [5.41, 5.74) is 2.15. The van der Waals surface area contributed by atoms with E-state index >= 15 is 0 Å². The van der Waals surface area contributed by atoms with Gasteiger partial charge in [-0.15, -0.1) is 11.8 Å². The molecule has 1 heterocycles. The standard InChI is InChI=1S/C23H24N2O3S/c1-17-5-4-12-25(14-17)22(26)15-28-23(27)20-6-2-3-7-21(20)29-16-19-10-8-18(13-24)9-11-19/h2-3,6-11,17H,4-5,12,14-16H2,1H3/t17-/m0/s1. The molecular formula is C23H24N2O3S. The lowest BCUT2D eigenvalue weighted by Crippen LogP contribution is -2.41. The third kappa shape index (κ3) is 5.85. The van der Waals surface area contributed by atoms with Crippen LogP contribution in [0, 0.1) is 17.2 Å². The van der Waals surface area contributed by atoms with Gasteiger partial charge in [0.1, 0.15) is 0 Å². The number of hydrogen-bond acceptors (Lipinski definition) is 5. The number of nitrogens with zero attached hydrogens (tertiary/aromatic N) is 2. The number of rotatable bonds is 6. The van der Waals surface area contributed by atoms with Gasteiger partial charge in [0, 0.05) is 23.7 Å². The van der Waals surface area contributed by atoms with Crippen LogP contribution in [0.1, 0.15) is 41.3 Å². The number of thioether (sulfide) groups is 1. The van der Waals surface area contributed by atoms with Crippen molar-refractivity contribution in [1.29, 1.82) is 5.26 Å². The van der Waals surface area contributed by atoms with Crippen LogP contribution in [0.15, 0.2) is 53.4 Å². The zero-order valence-corrected chi connectivity index (χ0v) is 17.3. The summed E-state index contributed by atoms with van der Waals surface area (Å²) >= 11 is 1.53. The zero-order chi connectivity index (χ0) is 20.6. The number of carbonyl (C=O) groups is 2. The molecular weight excluding hydrogens is 384 g/mol. The Balaban J connectivity index is 1.57. The van der Waals surface area contributed by atoms with Crippen LogP contribution in [0.4, 0.5) is 0 Å². The fourth-order valence-electron chi connectivity index (χ4n) is 3.31. The van der Waals surface area contributed by atoms with E-state index < -0.39 is 5.97 Å². The number of hydrogen-bond donors (Lipinski definition) is 0. The van der Waals surface area contributed by atoms with Crippen LogP contribution in [0.2, 0.25) is 0 Å². The van der Waals surface area contributed by atoms with E-state index in [-0.39, 0.29) is 12.5 Å². The van der Waals surface area contributed by atoms with Gasteiger partial charge in [-0.05, 0) is 48.6 Å². The molecule has 1 fully saturated rings. The number of amides is 1. The van der Waals surface area contributed by atoms with E-state index in [4.69, 9.17) is 10.00 Å². The maximum atomic E-state index is 12.6. The van der Waals surface area contributed by atoms with Crippen molar-refractivity contribution in [1.82, 2.24) is 4.90 Å². The predicted octanol–water partition coefficient (Wildman–Crippen LogP) is 4.27. The quantitative estimate of drug-likeness (QED) is 0.527. The van der Waals surface area contributed by atoms with E-state index in [2.05, 4.69) is 13.0 Å². The van der Waals surface area contributed by atoms with Gasteiger partial charge in [0.05, 0.1) is 17.2 Å². The van der Waals surface area contributed by atoms with Crippen molar-refractivity contribution in [3.05, 3.63) is 65.2 Å². The Morgan fingerprint density at radius 3 is 2.69 bits per heavy atom. The number of nitriles is 1. The zero-order valence-electron chi connectivity index (χ0n) is 16.5. The van der Waals surface area contributed by atoms with Gasteiger partial charge in [0.2, 0.25) is 0 Å². The average Bonchev–Trinajstić information content (AvgIpc) is 2.76. The third-order valence-electron chi connectivity index (χ3n) is 4.92. The Morgan fingerprint density at radius 2 is 1.97 bits per heavy atom. The first-order valence-electron chi connectivity index (χ1n) is 9.72. The van der Waals surface area contributed by atoms with Crippen molar-refractivity contribution in [2.24, 2.45) is 5.92 Å². The van der Waals surface area contributed by atoms with Crippen molar-refractivity contribution in [3.8, 4) is 6.07 Å². The van der Waals surface area contributed by atoms with Gasteiger partial charge in [-0.25, -0.2) is 4.79 Å². The lowest BCUT2D eigenvalue weighted by molar-refractivity contribution is -0.136. The Labute approximate surface area is 175 Å². The lowest BCUT2D eigenvalue weighted by Gasteiger charge is -2.30. The highest BCUT2D eigenvalue weighted by atomic mass is 32.2. The van der Waals surface area contributed by atoms with Gasteiger partial charge >= 0.3 is 5.97 Å². The highest BCUT2D eigenvalue weighted by molar-refractivity contribution is 7.98. The highest BCUT2D eigenvalue weighted by Crippen LogP contribution is 2.27. The molecule has 6 heteroatoms. The summed E-state index contributed by atoms with van der Waals surface area (Å²) in [6, 6.07) is 16.7. The highest BCUT2D eigenvalue weighted by Gasteiger charge is 2.22. The minimum atomic E-state index is -0.480. The molecule has 0 N–H and O–H groups in total. The first kappa shape index (κ1) is 20.9. The summed E-state index contributed by atoms with van der Waals surface area (Å²) in [7, 11) is 0. The lowest BCUT2D eigenvalue weighted by atomic mass is 10.0. The second kappa shape index (κ2) is 10.1. The number of piperidine rings is 1. The Kier molecular flexibility index (Phi) is 7.31. The summed E-state index contributed by atoms with van der Waals surface area (Å²) in [6.07, 6.45) is 2.13. The van der Waals surface area contributed by atoms with Crippen LogP contribution in [0.3, 0.4) is 0 Å². The number of ether oxygens (including phenoxy) is 1. The van der Waals surface area contributed by atoms with Crippen LogP contribution >= 0.6 is 11.8 Å². The molecule has 5 nitrogen and oxygen atoms in total. The van der Waals surface area contributed by atoms with Gasteiger partial charge in [-0.2, -0.15) is 5.26 Å². The monoisotopic (exact) mass is 408 g/mol. The van der Waals surface area contributed by atoms with E-state index in [0.29, 0.717) is 22.8 Å². The average molecular weight is 409 g/mol. The summed E-state index contributed by atoms with van der Waals surface area (Å²) in [5, 5.41) is 8.89. The molecule has 0 bridgehead atoms. The predicted molar refractivity (Wildman–Crippen MR) is 112 cm³/mol. The molecule has 1 aliphatic rings. The molecule has 3 rings (SSSR count). The number of carbonyl (C=O) groups excluding carboxylic acids is 2. The molecule has 150 valence electrons. The molecule has 1 amide bonds. The molecule has 29 heavy (non-hydrogen) atoms. The van der Waals surface area contributed by atoms with Crippen molar-refractivity contribution < 1.29 is 14.3 Å². The molecule has 0 aromatic heterocycles. The van der Waals surface area contributed by atoms with E-state index in [1.807, 2.05) is 24.3 Å². The smallest absolute Gasteiger partial charge is 0.339 e. The maximum absolute atomic E-state index is 12.6. The van der Waals surface area contributed by atoms with Crippen molar-refractivity contribution in [3.63, 3.8) is 0 Å². The summed E-state index contributed by atoms with van der Waals surface area (Å²) < 4.78 is 5.32. The Hall–Kier alpha value is -2.78. The van der Waals surface area contributed by atoms with Crippen molar-refractivity contribution >= 4 is 23.6 Å². The molecule has 0 saturated carbocycles. The normalized spacial score (nSPS) is 16.1. The van der Waals surface area contributed by atoms with Crippen molar-refractivity contribution in [2.75, 3.05) is 19.7 Å². The van der Waals surface area contributed by atoms with Crippen LogP contribution in [0.25, 0.3) is 0 Å². The molecule has 0 spiro atoms. The van der Waals surface area contributed by atoms with Crippen LogP contribution < -0.4 is 0 Å². The second-order valence-electron chi connectivity index (χ2n) is 7.26. The third-order valence-corrected chi connectivity index (χ3v) is 6.07. The summed E-state index contributed by atoms with van der Waals surface area (Å²) in [5.74, 6) is 0.544. The molecule has 1 atom stereocenters. The largest absolute Gasteiger partial charge is 0.452 e. The summed E-state index contributed by atoms with van der Waals surface area (Å²) in [6.45, 7) is 3.37.